The van der Waals surface area contributed by atoms with Crippen LogP contribution in [0.3, 0.4) is 0 Å². The summed E-state index contributed by atoms with van der Waals surface area (Å²) < 4.78 is 23.6. The molecule has 0 fully saturated rings. The summed E-state index contributed by atoms with van der Waals surface area (Å²) in [7, 11) is -3.75. The molecular formula is C14H11N3O3S. The largest absolute Gasteiger partial charge is 0.279 e. The second-order valence-electron chi connectivity index (χ2n) is 4.49. The molecule has 0 saturated heterocycles. The molecule has 106 valence electrons. The summed E-state index contributed by atoms with van der Waals surface area (Å²) in [6.45, 7) is 0. The Kier molecular flexibility index (Phi) is 3.08. The van der Waals surface area contributed by atoms with Crippen molar-refractivity contribution in [2.75, 3.05) is 0 Å². The lowest BCUT2D eigenvalue weighted by molar-refractivity contribution is 0.598. The minimum atomic E-state index is -3.75. The number of benzene rings is 2. The summed E-state index contributed by atoms with van der Waals surface area (Å²) in [6.07, 6.45) is 1.59. The molecule has 0 atom stereocenters. The van der Waals surface area contributed by atoms with Crippen molar-refractivity contribution < 1.29 is 8.42 Å². The highest BCUT2D eigenvalue weighted by atomic mass is 32.2. The number of primary sulfonamides is 1. The van der Waals surface area contributed by atoms with Crippen LogP contribution in [0.25, 0.3) is 16.5 Å². The van der Waals surface area contributed by atoms with Gasteiger partial charge in [0.05, 0.1) is 22.2 Å². The third kappa shape index (κ3) is 2.44. The third-order valence-corrected chi connectivity index (χ3v) is 4.03. The Labute approximate surface area is 120 Å². The van der Waals surface area contributed by atoms with Crippen molar-refractivity contribution >= 4 is 20.8 Å². The van der Waals surface area contributed by atoms with Gasteiger partial charge in [-0.25, -0.2) is 13.6 Å². The average molecular weight is 301 g/mol. The van der Waals surface area contributed by atoms with Crippen LogP contribution in [0.1, 0.15) is 0 Å². The topological polar surface area (TPSA) is 95.1 Å². The van der Waals surface area contributed by atoms with Crippen LogP contribution in [0.2, 0.25) is 0 Å². The van der Waals surface area contributed by atoms with Gasteiger partial charge in [-0.05, 0) is 30.3 Å². The van der Waals surface area contributed by atoms with E-state index >= 15 is 0 Å². The van der Waals surface area contributed by atoms with Gasteiger partial charge in [-0.1, -0.05) is 18.2 Å². The molecule has 2 aromatic carbocycles. The van der Waals surface area contributed by atoms with E-state index < -0.39 is 10.0 Å². The lowest BCUT2D eigenvalue weighted by Gasteiger charge is -2.06. The molecule has 0 amide bonds. The van der Waals surface area contributed by atoms with E-state index in [1.807, 2.05) is 6.07 Å². The molecule has 6 nitrogen and oxygen atoms in total. The summed E-state index contributed by atoms with van der Waals surface area (Å²) in [6, 6.07) is 12.8. The summed E-state index contributed by atoms with van der Waals surface area (Å²) in [5, 5.41) is 10.4. The first-order valence-corrected chi connectivity index (χ1v) is 7.62. The molecule has 3 aromatic rings. The lowest BCUT2D eigenvalue weighted by atomic mass is 10.2. The molecule has 0 aliphatic rings. The zero-order valence-electron chi connectivity index (χ0n) is 10.8. The first-order chi connectivity index (χ1) is 9.97. The van der Waals surface area contributed by atoms with Crippen molar-refractivity contribution in [2.24, 2.45) is 5.14 Å². The van der Waals surface area contributed by atoms with Crippen LogP contribution in [0, 0.1) is 0 Å². The maximum absolute atomic E-state index is 12.4. The van der Waals surface area contributed by atoms with Crippen molar-refractivity contribution in [3.8, 4) is 5.69 Å². The van der Waals surface area contributed by atoms with Crippen LogP contribution in [-0.2, 0) is 10.0 Å². The average Bonchev–Trinajstić information content (AvgIpc) is 2.47. The standard InChI is InChI=1S/C14H11N3O3S/c15-21(19,20)12-7-5-11(6-8-12)17-14(18)13-4-2-1-3-10(13)9-16-17/h1-9H,(H2,15,19,20). The zero-order chi connectivity index (χ0) is 15.0. The van der Waals surface area contributed by atoms with Crippen molar-refractivity contribution in [3.63, 3.8) is 0 Å². The van der Waals surface area contributed by atoms with E-state index in [-0.39, 0.29) is 10.5 Å². The molecule has 0 unspecified atom stereocenters. The van der Waals surface area contributed by atoms with Gasteiger partial charge >= 0.3 is 0 Å². The molecule has 0 bridgehead atoms. The molecular weight excluding hydrogens is 290 g/mol. The molecule has 7 heteroatoms. The van der Waals surface area contributed by atoms with Gasteiger partial charge in [0.2, 0.25) is 10.0 Å². The molecule has 0 saturated carbocycles. The van der Waals surface area contributed by atoms with E-state index in [1.54, 1.807) is 24.4 Å². The Morgan fingerprint density at radius 3 is 2.33 bits per heavy atom. The molecule has 0 spiro atoms. The summed E-state index contributed by atoms with van der Waals surface area (Å²) >= 11 is 0. The minimum Gasteiger partial charge on any atom is -0.267 e. The number of fused-ring (bicyclic) bond motifs is 1. The van der Waals surface area contributed by atoms with Crippen molar-refractivity contribution in [2.45, 2.75) is 4.90 Å². The van der Waals surface area contributed by atoms with E-state index in [4.69, 9.17) is 5.14 Å². The SMILES string of the molecule is NS(=O)(=O)c1ccc(-n2ncc3ccccc3c2=O)cc1. The number of nitrogens with zero attached hydrogens (tertiary/aromatic N) is 2. The Hall–Kier alpha value is -2.51. The second-order valence-corrected chi connectivity index (χ2v) is 6.05. The van der Waals surface area contributed by atoms with Gasteiger partial charge in [0.1, 0.15) is 0 Å². The normalized spacial score (nSPS) is 11.7. The van der Waals surface area contributed by atoms with Gasteiger partial charge in [-0.3, -0.25) is 4.79 Å². The van der Waals surface area contributed by atoms with Crippen LogP contribution in [-0.4, -0.2) is 18.2 Å². The Morgan fingerprint density at radius 1 is 1.00 bits per heavy atom. The van der Waals surface area contributed by atoms with Crippen LogP contribution < -0.4 is 10.7 Å². The quantitative estimate of drug-likeness (QED) is 0.765. The molecule has 3 rings (SSSR count). The number of rotatable bonds is 2. The highest BCUT2D eigenvalue weighted by Gasteiger charge is 2.09. The molecule has 1 heterocycles. The highest BCUT2D eigenvalue weighted by Crippen LogP contribution is 2.12. The predicted octanol–water partition coefficient (Wildman–Crippen LogP) is 1.03. The van der Waals surface area contributed by atoms with Gasteiger partial charge in [-0.2, -0.15) is 9.78 Å². The summed E-state index contributed by atoms with van der Waals surface area (Å²) in [4.78, 5) is 12.4. The number of sulfonamides is 1. The Balaban J connectivity index is 2.17. The van der Waals surface area contributed by atoms with Crippen LogP contribution in [0.4, 0.5) is 0 Å². The molecule has 2 N–H and O–H groups in total. The molecule has 21 heavy (non-hydrogen) atoms. The van der Waals surface area contributed by atoms with Gasteiger partial charge < -0.3 is 0 Å². The van der Waals surface area contributed by atoms with E-state index in [0.29, 0.717) is 11.1 Å². The first-order valence-electron chi connectivity index (χ1n) is 6.07. The lowest BCUT2D eigenvalue weighted by Crippen LogP contribution is -2.21. The van der Waals surface area contributed by atoms with Gasteiger partial charge in [0.25, 0.3) is 5.56 Å². The fourth-order valence-corrected chi connectivity index (χ4v) is 2.57. The fourth-order valence-electron chi connectivity index (χ4n) is 2.05. The third-order valence-electron chi connectivity index (χ3n) is 3.11. The van der Waals surface area contributed by atoms with E-state index in [9.17, 15) is 13.2 Å². The van der Waals surface area contributed by atoms with Crippen LogP contribution in [0.15, 0.2) is 64.4 Å². The van der Waals surface area contributed by atoms with Gasteiger partial charge in [0.15, 0.2) is 0 Å². The van der Waals surface area contributed by atoms with Crippen molar-refractivity contribution in [1.82, 2.24) is 9.78 Å². The molecule has 1 aromatic heterocycles. The van der Waals surface area contributed by atoms with E-state index in [2.05, 4.69) is 5.10 Å². The molecule has 0 aliphatic carbocycles. The Morgan fingerprint density at radius 2 is 1.67 bits per heavy atom. The minimum absolute atomic E-state index is 0.0138. The van der Waals surface area contributed by atoms with Crippen LogP contribution in [0.5, 0.6) is 0 Å². The summed E-state index contributed by atoms with van der Waals surface area (Å²) in [5.41, 5.74) is 0.203. The van der Waals surface area contributed by atoms with Gasteiger partial charge in [-0.15, -0.1) is 0 Å². The van der Waals surface area contributed by atoms with E-state index in [1.165, 1.54) is 28.9 Å². The van der Waals surface area contributed by atoms with Crippen LogP contribution >= 0.6 is 0 Å². The predicted molar refractivity (Wildman–Crippen MR) is 78.7 cm³/mol. The van der Waals surface area contributed by atoms with E-state index in [0.717, 1.165) is 5.39 Å². The number of nitrogens with two attached hydrogens (primary N) is 1. The summed E-state index contributed by atoms with van der Waals surface area (Å²) in [5.74, 6) is 0. The highest BCUT2D eigenvalue weighted by molar-refractivity contribution is 7.89. The Bertz CT molecular complexity index is 976. The maximum atomic E-state index is 12.4. The smallest absolute Gasteiger partial charge is 0.267 e. The number of hydrogen-bond donors (Lipinski definition) is 1. The molecule has 0 aliphatic heterocycles. The monoisotopic (exact) mass is 301 g/mol. The number of aromatic nitrogens is 2. The van der Waals surface area contributed by atoms with Gasteiger partial charge in [0, 0.05) is 5.39 Å². The number of hydrogen-bond acceptors (Lipinski definition) is 4. The fraction of sp³-hybridized carbons (Fsp3) is 0. The second kappa shape index (κ2) is 4.80. The first kappa shape index (κ1) is 13.5. The maximum Gasteiger partial charge on any atom is 0.279 e. The zero-order valence-corrected chi connectivity index (χ0v) is 11.6. The van der Waals surface area contributed by atoms with Crippen molar-refractivity contribution in [1.29, 1.82) is 0 Å². The molecule has 0 radical (unpaired) electrons. The van der Waals surface area contributed by atoms with Crippen molar-refractivity contribution in [3.05, 3.63) is 65.1 Å².